The number of halogens is 4. The van der Waals surface area contributed by atoms with Gasteiger partial charge in [0.15, 0.2) is 11.5 Å². The van der Waals surface area contributed by atoms with Gasteiger partial charge >= 0.3 is 6.18 Å². The Bertz CT molecular complexity index is 1210. The second-order valence-electron chi connectivity index (χ2n) is 10.1. The summed E-state index contributed by atoms with van der Waals surface area (Å²) in [5, 5.41) is 8.64. The monoisotopic (exact) mass is 614 g/mol. The third kappa shape index (κ3) is 7.25. The van der Waals surface area contributed by atoms with Crippen molar-refractivity contribution in [2.75, 3.05) is 6.54 Å². The second kappa shape index (κ2) is 12.3. The normalized spacial score (nSPS) is 17.3. The molecule has 3 rings (SSSR count). The molecule has 212 valence electrons. The highest BCUT2D eigenvalue weighted by atomic mass is 79.9. The number of nitrogens with one attached hydrogen (secondary N) is 2. The van der Waals surface area contributed by atoms with E-state index >= 15 is 0 Å². The molecule has 0 bridgehead atoms. The smallest absolute Gasteiger partial charge is 0.355 e. The van der Waals surface area contributed by atoms with Gasteiger partial charge in [-0.3, -0.25) is 19.2 Å². The number of ketones is 1. The summed E-state index contributed by atoms with van der Waals surface area (Å²) < 4.78 is 45.3. The molecule has 3 amide bonds. The Morgan fingerprint density at radius 2 is 1.64 bits per heavy atom. The third-order valence-electron chi connectivity index (χ3n) is 6.46. The molecular weight excluding hydrogens is 585 g/mol. The molecule has 0 unspecified atom stereocenters. The lowest BCUT2D eigenvalue weighted by Gasteiger charge is -2.31. The molecule has 1 aromatic carbocycles. The average molecular weight is 615 g/mol. The summed E-state index contributed by atoms with van der Waals surface area (Å²) in [4.78, 5) is 52.5. The fraction of sp³-hybridized carbons (Fsp3) is 0.500. The van der Waals surface area contributed by atoms with Gasteiger partial charge < -0.3 is 20.1 Å². The average Bonchev–Trinajstić information content (AvgIpc) is 3.55. The number of likely N-dealkylation sites (tertiary alicyclic amines) is 1. The predicted octanol–water partition coefficient (Wildman–Crippen LogP) is 4.12. The maximum atomic E-state index is 13.5. The van der Waals surface area contributed by atoms with Gasteiger partial charge in [0.25, 0.3) is 11.7 Å². The molecule has 1 fully saturated rings. The molecule has 39 heavy (non-hydrogen) atoms. The molecule has 1 saturated heterocycles. The number of carbonyl (C=O) groups is 4. The number of rotatable bonds is 9. The van der Waals surface area contributed by atoms with Crippen LogP contribution in [0.15, 0.2) is 39.3 Å². The Labute approximate surface area is 232 Å². The van der Waals surface area contributed by atoms with E-state index in [0.717, 1.165) is 4.47 Å². The van der Waals surface area contributed by atoms with Crippen LogP contribution in [0.4, 0.5) is 13.2 Å². The van der Waals surface area contributed by atoms with E-state index in [9.17, 15) is 32.3 Å². The van der Waals surface area contributed by atoms with Gasteiger partial charge in [0.1, 0.15) is 12.1 Å². The molecule has 1 aliphatic rings. The van der Waals surface area contributed by atoms with Crippen molar-refractivity contribution in [3.63, 3.8) is 0 Å². The first-order valence-corrected chi connectivity index (χ1v) is 13.3. The van der Waals surface area contributed by atoms with Crippen LogP contribution in [0.5, 0.6) is 0 Å². The van der Waals surface area contributed by atoms with Gasteiger partial charge in [-0.15, -0.1) is 0 Å². The fourth-order valence-corrected chi connectivity index (χ4v) is 4.57. The van der Waals surface area contributed by atoms with Crippen LogP contribution in [-0.2, 0) is 14.4 Å². The molecular formula is C26H30BrF3N4O5. The Hall–Kier alpha value is -3.22. The van der Waals surface area contributed by atoms with Crippen molar-refractivity contribution in [1.29, 1.82) is 0 Å². The summed E-state index contributed by atoms with van der Waals surface area (Å²) >= 11 is 3.34. The highest BCUT2D eigenvalue weighted by Gasteiger charge is 2.46. The first kappa shape index (κ1) is 30.3. The minimum atomic E-state index is -5.11. The molecule has 2 aromatic rings. The quantitative estimate of drug-likeness (QED) is 0.438. The molecule has 3 atom stereocenters. The van der Waals surface area contributed by atoms with E-state index in [1.807, 2.05) is 0 Å². The molecule has 2 N–H and O–H groups in total. The van der Waals surface area contributed by atoms with Crippen molar-refractivity contribution >= 4 is 39.4 Å². The standard InChI is InChI=1S/C26H30BrF3N4O5/c1-13(2)20(22(35)26(28,29)30)31-24(37)18-6-5-11-34(18)25(38)21(14(3)4)32-23(36)17-12-19(39-33-17)15-7-9-16(27)10-8-15/h7-10,12-14,18,20-21H,5-6,11H2,1-4H3,(H,31,37)(H,32,36)/t18-,20-,21-/m0/s1. The number of benzene rings is 1. The van der Waals surface area contributed by atoms with Crippen molar-refractivity contribution in [2.24, 2.45) is 11.8 Å². The largest absolute Gasteiger partial charge is 0.452 e. The summed E-state index contributed by atoms with van der Waals surface area (Å²) in [6.45, 7) is 6.38. The fourth-order valence-electron chi connectivity index (χ4n) is 4.30. The van der Waals surface area contributed by atoms with Gasteiger partial charge in [-0.05, 0) is 36.8 Å². The van der Waals surface area contributed by atoms with Crippen LogP contribution in [0, 0.1) is 11.8 Å². The Kier molecular flexibility index (Phi) is 9.57. The zero-order valence-corrected chi connectivity index (χ0v) is 23.4. The number of aromatic nitrogens is 1. The number of hydrogen-bond acceptors (Lipinski definition) is 6. The van der Waals surface area contributed by atoms with Crippen LogP contribution in [0.2, 0.25) is 0 Å². The molecule has 0 radical (unpaired) electrons. The SMILES string of the molecule is CC(C)[C@H](NC(=O)c1cc(-c2ccc(Br)cc2)on1)C(=O)N1CCC[C@H]1C(=O)N[C@H](C(=O)C(F)(F)F)C(C)C. The van der Waals surface area contributed by atoms with Crippen molar-refractivity contribution in [3.05, 3.63) is 40.5 Å². The van der Waals surface area contributed by atoms with Crippen LogP contribution in [0.1, 0.15) is 51.0 Å². The Balaban J connectivity index is 1.73. The van der Waals surface area contributed by atoms with Gasteiger partial charge in [-0.2, -0.15) is 13.2 Å². The van der Waals surface area contributed by atoms with Gasteiger partial charge in [-0.1, -0.05) is 60.9 Å². The maximum Gasteiger partial charge on any atom is 0.452 e. The van der Waals surface area contributed by atoms with Gasteiger partial charge in [-0.25, -0.2) is 0 Å². The molecule has 0 aliphatic carbocycles. The van der Waals surface area contributed by atoms with E-state index in [1.54, 1.807) is 38.1 Å². The number of nitrogens with zero attached hydrogens (tertiary/aromatic N) is 2. The molecule has 1 aromatic heterocycles. The number of amides is 3. The second-order valence-corrected chi connectivity index (χ2v) is 11.0. The maximum absolute atomic E-state index is 13.5. The van der Waals surface area contributed by atoms with Crippen LogP contribution >= 0.6 is 15.9 Å². The molecule has 1 aliphatic heterocycles. The highest BCUT2D eigenvalue weighted by molar-refractivity contribution is 9.10. The minimum Gasteiger partial charge on any atom is -0.355 e. The molecule has 13 heteroatoms. The summed E-state index contributed by atoms with van der Waals surface area (Å²) in [5.74, 6) is -4.98. The topological polar surface area (TPSA) is 122 Å². The predicted molar refractivity (Wildman–Crippen MR) is 138 cm³/mol. The summed E-state index contributed by atoms with van der Waals surface area (Å²) in [5.41, 5.74) is 0.642. The lowest BCUT2D eigenvalue weighted by Crippen LogP contribution is -2.58. The van der Waals surface area contributed by atoms with E-state index in [-0.39, 0.29) is 24.6 Å². The summed E-state index contributed by atoms with van der Waals surface area (Å²) in [7, 11) is 0. The number of Topliss-reactive ketones (excluding diaryl/α,β-unsaturated/α-hetero) is 1. The van der Waals surface area contributed by atoms with Crippen LogP contribution in [0.25, 0.3) is 11.3 Å². The Morgan fingerprint density at radius 3 is 2.21 bits per heavy atom. The van der Waals surface area contributed by atoms with Crippen molar-refractivity contribution in [1.82, 2.24) is 20.7 Å². The third-order valence-corrected chi connectivity index (χ3v) is 6.98. The van der Waals surface area contributed by atoms with E-state index < -0.39 is 53.7 Å². The minimum absolute atomic E-state index is 0.0486. The summed E-state index contributed by atoms with van der Waals surface area (Å²) in [6, 6.07) is 4.70. The highest BCUT2D eigenvalue weighted by Crippen LogP contribution is 2.25. The van der Waals surface area contributed by atoms with Gasteiger partial charge in [0, 0.05) is 22.6 Å². The lowest BCUT2D eigenvalue weighted by atomic mass is 9.98. The first-order valence-electron chi connectivity index (χ1n) is 12.5. The Morgan fingerprint density at radius 1 is 1.03 bits per heavy atom. The van der Waals surface area contributed by atoms with Crippen LogP contribution in [-0.4, -0.2) is 64.4 Å². The van der Waals surface area contributed by atoms with Gasteiger partial charge in [0.05, 0.1) is 6.04 Å². The number of hydrogen-bond donors (Lipinski definition) is 2. The van der Waals surface area contributed by atoms with Gasteiger partial charge in [0.2, 0.25) is 11.8 Å². The number of carbonyl (C=O) groups excluding carboxylic acids is 4. The zero-order valence-electron chi connectivity index (χ0n) is 21.8. The molecule has 2 heterocycles. The van der Waals surface area contributed by atoms with E-state index in [0.29, 0.717) is 17.7 Å². The molecule has 9 nitrogen and oxygen atoms in total. The van der Waals surface area contributed by atoms with E-state index in [2.05, 4.69) is 31.7 Å². The van der Waals surface area contributed by atoms with Crippen LogP contribution < -0.4 is 10.6 Å². The van der Waals surface area contributed by atoms with E-state index in [4.69, 9.17) is 4.52 Å². The lowest BCUT2D eigenvalue weighted by molar-refractivity contribution is -0.175. The first-order chi connectivity index (χ1) is 18.2. The van der Waals surface area contributed by atoms with Crippen molar-refractivity contribution in [3.8, 4) is 11.3 Å². The zero-order chi connectivity index (χ0) is 29.1. The molecule has 0 spiro atoms. The van der Waals surface area contributed by atoms with Crippen molar-refractivity contribution < 1.29 is 36.9 Å². The molecule has 0 saturated carbocycles. The summed E-state index contributed by atoms with van der Waals surface area (Å²) in [6.07, 6.45) is -4.47. The van der Waals surface area contributed by atoms with Crippen LogP contribution in [0.3, 0.4) is 0 Å². The number of alkyl halides is 3. The van der Waals surface area contributed by atoms with E-state index in [1.165, 1.54) is 24.8 Å². The van der Waals surface area contributed by atoms with Crippen molar-refractivity contribution in [2.45, 2.75) is 64.8 Å².